The summed E-state index contributed by atoms with van der Waals surface area (Å²) >= 11 is 8.06. The van der Waals surface area contributed by atoms with E-state index in [9.17, 15) is 0 Å². The molecule has 0 spiro atoms. The molecule has 1 aliphatic rings. The molecular weight excluding hydrogens is 262 g/mol. The van der Waals surface area contributed by atoms with E-state index in [4.69, 9.17) is 11.6 Å². The lowest BCUT2D eigenvalue weighted by atomic mass is 10.0. The number of fused-ring (bicyclic) bond motifs is 1. The van der Waals surface area contributed by atoms with Crippen molar-refractivity contribution < 1.29 is 0 Å². The SMILES string of the molecule is Cc1cc(C2Cc3ccc(Cl)c(C)c3N2)c(C)s1. The fraction of sp³-hybridized carbons (Fsp3) is 0.333. The lowest BCUT2D eigenvalue weighted by molar-refractivity contribution is 0.822. The number of hydrogen-bond acceptors (Lipinski definition) is 2. The number of hydrogen-bond donors (Lipinski definition) is 1. The molecule has 0 aliphatic carbocycles. The van der Waals surface area contributed by atoms with E-state index < -0.39 is 0 Å². The topological polar surface area (TPSA) is 12.0 Å². The molecule has 94 valence electrons. The largest absolute Gasteiger partial charge is 0.377 e. The van der Waals surface area contributed by atoms with Gasteiger partial charge in [-0.25, -0.2) is 0 Å². The van der Waals surface area contributed by atoms with Crippen molar-refractivity contribution in [3.05, 3.63) is 49.7 Å². The number of thiophene rings is 1. The van der Waals surface area contributed by atoms with E-state index in [1.54, 1.807) is 0 Å². The van der Waals surface area contributed by atoms with Gasteiger partial charge < -0.3 is 5.32 Å². The number of benzene rings is 1. The molecule has 1 atom stereocenters. The summed E-state index contributed by atoms with van der Waals surface area (Å²) in [6.45, 7) is 6.46. The van der Waals surface area contributed by atoms with Crippen LogP contribution in [0.25, 0.3) is 0 Å². The van der Waals surface area contributed by atoms with E-state index in [1.807, 2.05) is 17.4 Å². The minimum absolute atomic E-state index is 0.405. The smallest absolute Gasteiger partial charge is 0.0566 e. The highest BCUT2D eigenvalue weighted by Crippen LogP contribution is 2.41. The average molecular weight is 278 g/mol. The minimum Gasteiger partial charge on any atom is -0.377 e. The monoisotopic (exact) mass is 277 g/mol. The number of nitrogens with one attached hydrogen (secondary N) is 1. The third kappa shape index (κ3) is 1.84. The Labute approximate surface area is 117 Å². The van der Waals surface area contributed by atoms with Crippen molar-refractivity contribution in [2.24, 2.45) is 0 Å². The zero-order valence-electron chi connectivity index (χ0n) is 10.8. The van der Waals surface area contributed by atoms with Crippen molar-refractivity contribution in [2.75, 3.05) is 5.32 Å². The van der Waals surface area contributed by atoms with Crippen molar-refractivity contribution in [3.63, 3.8) is 0 Å². The standard InChI is InChI=1S/C15H16ClNS/c1-8-6-12(10(3)18-8)14-7-11-4-5-13(16)9(2)15(11)17-14/h4-6,14,17H,7H2,1-3H3. The Kier molecular flexibility index (Phi) is 2.87. The van der Waals surface area contributed by atoms with E-state index in [0.717, 1.165) is 11.4 Å². The zero-order valence-corrected chi connectivity index (χ0v) is 12.4. The molecule has 0 fully saturated rings. The van der Waals surface area contributed by atoms with Crippen LogP contribution < -0.4 is 5.32 Å². The molecule has 0 bridgehead atoms. The molecule has 0 saturated carbocycles. The molecule has 0 saturated heterocycles. The van der Waals surface area contributed by atoms with Crippen LogP contribution in [0.15, 0.2) is 18.2 Å². The van der Waals surface area contributed by atoms with Gasteiger partial charge in [0.15, 0.2) is 0 Å². The maximum atomic E-state index is 6.18. The Bertz CT molecular complexity index is 615. The van der Waals surface area contributed by atoms with Gasteiger partial charge >= 0.3 is 0 Å². The van der Waals surface area contributed by atoms with Gasteiger partial charge in [0.05, 0.1) is 6.04 Å². The minimum atomic E-state index is 0.405. The summed E-state index contributed by atoms with van der Waals surface area (Å²) in [5, 5.41) is 4.48. The molecule has 2 aromatic rings. The highest BCUT2D eigenvalue weighted by Gasteiger charge is 2.26. The van der Waals surface area contributed by atoms with Gasteiger partial charge in [-0.1, -0.05) is 17.7 Å². The van der Waals surface area contributed by atoms with E-state index in [-0.39, 0.29) is 0 Å². The lowest BCUT2D eigenvalue weighted by Gasteiger charge is -2.12. The average Bonchev–Trinajstić information content (AvgIpc) is 2.87. The number of aryl methyl sites for hydroxylation is 2. The Morgan fingerprint density at radius 3 is 2.72 bits per heavy atom. The van der Waals surface area contributed by atoms with E-state index in [1.165, 1.54) is 32.1 Å². The van der Waals surface area contributed by atoms with Gasteiger partial charge in [-0.05, 0) is 56.0 Å². The zero-order chi connectivity index (χ0) is 12.9. The molecule has 3 rings (SSSR count). The molecule has 1 unspecified atom stereocenters. The van der Waals surface area contributed by atoms with Crippen LogP contribution in [0.4, 0.5) is 5.69 Å². The van der Waals surface area contributed by atoms with Crippen LogP contribution >= 0.6 is 22.9 Å². The maximum absolute atomic E-state index is 6.18. The summed E-state index contributed by atoms with van der Waals surface area (Å²) in [6.07, 6.45) is 1.06. The van der Waals surface area contributed by atoms with Gasteiger partial charge in [0.25, 0.3) is 0 Å². The van der Waals surface area contributed by atoms with Crippen LogP contribution in [0.2, 0.25) is 5.02 Å². The van der Waals surface area contributed by atoms with Gasteiger partial charge in [0.2, 0.25) is 0 Å². The van der Waals surface area contributed by atoms with Crippen LogP contribution in [0, 0.1) is 20.8 Å². The summed E-state index contributed by atoms with van der Waals surface area (Å²) in [5.74, 6) is 0. The summed E-state index contributed by atoms with van der Waals surface area (Å²) in [5.41, 5.74) is 5.21. The molecule has 1 nitrogen and oxygen atoms in total. The second kappa shape index (κ2) is 4.29. The summed E-state index contributed by atoms with van der Waals surface area (Å²) in [7, 11) is 0. The molecular formula is C15H16ClNS. The first-order valence-electron chi connectivity index (χ1n) is 6.17. The van der Waals surface area contributed by atoms with E-state index >= 15 is 0 Å². The van der Waals surface area contributed by atoms with Gasteiger partial charge in [-0.3, -0.25) is 0 Å². The Hall–Kier alpha value is -0.990. The van der Waals surface area contributed by atoms with Crippen molar-refractivity contribution >= 4 is 28.6 Å². The van der Waals surface area contributed by atoms with Crippen molar-refractivity contribution in [1.82, 2.24) is 0 Å². The Morgan fingerprint density at radius 1 is 1.28 bits per heavy atom. The third-order valence-electron chi connectivity index (χ3n) is 3.68. The molecule has 3 heteroatoms. The summed E-state index contributed by atoms with van der Waals surface area (Å²) in [6, 6.07) is 6.86. The lowest BCUT2D eigenvalue weighted by Crippen LogP contribution is -2.06. The molecule has 1 aliphatic heterocycles. The van der Waals surface area contributed by atoms with E-state index in [0.29, 0.717) is 6.04 Å². The third-order valence-corrected chi connectivity index (χ3v) is 5.07. The van der Waals surface area contributed by atoms with Crippen molar-refractivity contribution in [3.8, 4) is 0 Å². The molecule has 1 aromatic carbocycles. The quantitative estimate of drug-likeness (QED) is 0.770. The fourth-order valence-corrected chi connectivity index (χ4v) is 3.89. The normalized spacial score (nSPS) is 17.7. The highest BCUT2D eigenvalue weighted by atomic mass is 35.5. The van der Waals surface area contributed by atoms with Gasteiger partial charge in [0, 0.05) is 20.5 Å². The van der Waals surface area contributed by atoms with Gasteiger partial charge in [-0.2, -0.15) is 0 Å². The Morgan fingerprint density at radius 2 is 2.06 bits per heavy atom. The first-order chi connectivity index (χ1) is 8.56. The summed E-state index contributed by atoms with van der Waals surface area (Å²) in [4.78, 5) is 2.80. The molecule has 0 radical (unpaired) electrons. The van der Waals surface area contributed by atoms with Crippen LogP contribution in [0.3, 0.4) is 0 Å². The van der Waals surface area contributed by atoms with Gasteiger partial charge in [0.1, 0.15) is 0 Å². The number of halogens is 1. The first-order valence-corrected chi connectivity index (χ1v) is 7.37. The first kappa shape index (κ1) is 12.1. The molecule has 2 heterocycles. The Balaban J connectivity index is 1.98. The molecule has 18 heavy (non-hydrogen) atoms. The van der Waals surface area contributed by atoms with Crippen LogP contribution in [0.5, 0.6) is 0 Å². The van der Waals surface area contributed by atoms with Crippen LogP contribution in [0.1, 0.15) is 32.5 Å². The second-order valence-electron chi connectivity index (χ2n) is 4.98. The van der Waals surface area contributed by atoms with Crippen LogP contribution in [-0.2, 0) is 6.42 Å². The molecule has 1 aromatic heterocycles. The van der Waals surface area contributed by atoms with Gasteiger partial charge in [-0.15, -0.1) is 11.3 Å². The van der Waals surface area contributed by atoms with Crippen molar-refractivity contribution in [2.45, 2.75) is 33.2 Å². The predicted molar refractivity (Wildman–Crippen MR) is 80.0 cm³/mol. The summed E-state index contributed by atoms with van der Waals surface area (Å²) < 4.78 is 0. The predicted octanol–water partition coefficient (Wildman–Crippen LogP) is 5.04. The number of rotatable bonds is 1. The molecule has 0 amide bonds. The van der Waals surface area contributed by atoms with Crippen molar-refractivity contribution in [1.29, 1.82) is 0 Å². The van der Waals surface area contributed by atoms with E-state index in [2.05, 4.69) is 38.2 Å². The fourth-order valence-electron chi connectivity index (χ4n) is 2.74. The van der Waals surface area contributed by atoms with Crippen LogP contribution in [-0.4, -0.2) is 0 Å². The second-order valence-corrected chi connectivity index (χ2v) is 6.84. The maximum Gasteiger partial charge on any atom is 0.0566 e. The number of anilines is 1. The highest BCUT2D eigenvalue weighted by molar-refractivity contribution is 7.12. The molecule has 1 N–H and O–H groups in total.